The van der Waals surface area contributed by atoms with Crippen LogP contribution in [0, 0.1) is 6.92 Å². The molecule has 1 aromatic carbocycles. The number of fused-ring (bicyclic) bond motifs is 3. The van der Waals surface area contributed by atoms with Crippen LogP contribution in [-0.4, -0.2) is 29.0 Å². The Morgan fingerprint density at radius 3 is 3.05 bits per heavy atom. The highest BCUT2D eigenvalue weighted by Crippen LogP contribution is 2.38. The summed E-state index contributed by atoms with van der Waals surface area (Å²) in [6.07, 6.45) is 0.969. The molecule has 1 aromatic heterocycles. The zero-order valence-corrected chi connectivity index (χ0v) is 13.6. The molecule has 4 nitrogen and oxygen atoms in total. The first-order valence-corrected chi connectivity index (χ1v) is 8.09. The van der Waals surface area contributed by atoms with Crippen molar-refractivity contribution < 1.29 is 14.3 Å². The van der Waals surface area contributed by atoms with Crippen molar-refractivity contribution in [2.75, 3.05) is 11.9 Å². The molecule has 0 bridgehead atoms. The van der Waals surface area contributed by atoms with E-state index in [1.165, 1.54) is 0 Å². The zero-order chi connectivity index (χ0) is 15.0. The molecule has 5 heteroatoms. The number of hydrogen-bond donors (Lipinski definition) is 0. The van der Waals surface area contributed by atoms with Crippen LogP contribution in [0.15, 0.2) is 18.2 Å². The number of carbonyl (C=O) groups is 1. The molecule has 1 atom stereocenters. The number of halogens is 1. The van der Waals surface area contributed by atoms with Gasteiger partial charge in [-0.1, -0.05) is 15.9 Å². The number of aromatic nitrogens is 1. The number of nitrogens with zero attached hydrogens (tertiary/aromatic N) is 1. The van der Waals surface area contributed by atoms with Crippen molar-refractivity contribution >= 4 is 32.8 Å². The average molecular weight is 350 g/mol. The third-order valence-corrected chi connectivity index (χ3v) is 4.36. The normalized spacial score (nSPS) is 16.6. The van der Waals surface area contributed by atoms with Gasteiger partial charge in [0.2, 0.25) is 0 Å². The van der Waals surface area contributed by atoms with E-state index in [0.29, 0.717) is 12.2 Å². The molecule has 0 radical (unpaired) electrons. The number of hydrogen-bond acceptors (Lipinski definition) is 4. The molecule has 0 saturated heterocycles. The first-order chi connectivity index (χ1) is 10.1. The number of rotatable bonds is 3. The number of pyridine rings is 1. The quantitative estimate of drug-likeness (QED) is 0.629. The van der Waals surface area contributed by atoms with Gasteiger partial charge in [-0.25, -0.2) is 4.79 Å². The van der Waals surface area contributed by atoms with Crippen molar-refractivity contribution in [3.63, 3.8) is 0 Å². The largest absolute Gasteiger partial charge is 0.488 e. The molecule has 21 heavy (non-hydrogen) atoms. The van der Waals surface area contributed by atoms with E-state index in [4.69, 9.17) is 9.47 Å². The van der Waals surface area contributed by atoms with Crippen LogP contribution < -0.4 is 4.74 Å². The highest BCUT2D eigenvalue weighted by atomic mass is 79.9. The molecule has 110 valence electrons. The van der Waals surface area contributed by atoms with Crippen molar-refractivity contribution in [2.24, 2.45) is 0 Å². The Kier molecular flexibility index (Phi) is 3.85. The predicted molar refractivity (Wildman–Crippen MR) is 84.4 cm³/mol. The number of carbonyl (C=O) groups excluding carboxylic acids is 1. The van der Waals surface area contributed by atoms with Crippen molar-refractivity contribution in [2.45, 2.75) is 26.4 Å². The molecule has 0 spiro atoms. The van der Waals surface area contributed by atoms with Crippen LogP contribution in [0.4, 0.5) is 0 Å². The Morgan fingerprint density at radius 2 is 2.33 bits per heavy atom. The lowest BCUT2D eigenvalue weighted by molar-refractivity contribution is 0.0526. The van der Waals surface area contributed by atoms with E-state index in [1.807, 2.05) is 19.1 Å². The summed E-state index contributed by atoms with van der Waals surface area (Å²) in [5, 5.41) is 1.66. The Balaban J connectivity index is 2.13. The average Bonchev–Trinajstić information content (AvgIpc) is 2.92. The van der Waals surface area contributed by atoms with E-state index < -0.39 is 0 Å². The summed E-state index contributed by atoms with van der Waals surface area (Å²) in [5.41, 5.74) is 3.50. The lowest BCUT2D eigenvalue weighted by Gasteiger charge is -2.10. The molecule has 2 aromatic rings. The van der Waals surface area contributed by atoms with Crippen LogP contribution in [0.5, 0.6) is 5.75 Å². The minimum atomic E-state index is -0.316. The molecule has 0 amide bonds. The van der Waals surface area contributed by atoms with Crippen molar-refractivity contribution in [1.29, 1.82) is 0 Å². The van der Waals surface area contributed by atoms with E-state index in [0.717, 1.165) is 39.7 Å². The molecule has 1 unspecified atom stereocenters. The summed E-state index contributed by atoms with van der Waals surface area (Å²) in [7, 11) is 0. The van der Waals surface area contributed by atoms with Gasteiger partial charge in [-0.3, -0.25) is 4.98 Å². The van der Waals surface area contributed by atoms with E-state index in [9.17, 15) is 4.79 Å². The fourth-order valence-electron chi connectivity index (χ4n) is 2.63. The molecule has 0 N–H and O–H groups in total. The van der Waals surface area contributed by atoms with Gasteiger partial charge < -0.3 is 9.47 Å². The van der Waals surface area contributed by atoms with Gasteiger partial charge in [-0.2, -0.15) is 0 Å². The third kappa shape index (κ3) is 2.50. The van der Waals surface area contributed by atoms with E-state index in [1.54, 1.807) is 13.0 Å². The maximum atomic E-state index is 11.9. The number of alkyl halides is 1. The number of ether oxygens (including phenoxy) is 2. The van der Waals surface area contributed by atoms with Crippen LogP contribution in [0.3, 0.4) is 0 Å². The summed E-state index contributed by atoms with van der Waals surface area (Å²) in [6, 6.07) is 5.41. The number of benzene rings is 1. The van der Waals surface area contributed by atoms with Crippen LogP contribution in [0.2, 0.25) is 0 Å². The van der Waals surface area contributed by atoms with Gasteiger partial charge in [0, 0.05) is 28.4 Å². The maximum absolute atomic E-state index is 11.9. The minimum Gasteiger partial charge on any atom is -0.488 e. The Hall–Kier alpha value is -1.62. The molecule has 0 saturated carbocycles. The molecule has 2 heterocycles. The van der Waals surface area contributed by atoms with Gasteiger partial charge in [0.25, 0.3) is 0 Å². The van der Waals surface area contributed by atoms with Crippen LogP contribution in [0.1, 0.15) is 28.5 Å². The highest BCUT2D eigenvalue weighted by molar-refractivity contribution is 9.09. The Labute approximate surface area is 131 Å². The Morgan fingerprint density at radius 1 is 1.52 bits per heavy atom. The summed E-state index contributed by atoms with van der Waals surface area (Å²) < 4.78 is 11.1. The molecule has 1 aliphatic rings. The van der Waals surface area contributed by atoms with Crippen LogP contribution >= 0.6 is 15.9 Å². The topological polar surface area (TPSA) is 48.4 Å². The standard InChI is InChI=1S/C16H16BrNO3/c1-3-20-16(19)10-4-5-14-13(6-10)15-12(9(2)18-14)7-11(8-17)21-15/h4-6,11H,3,7-8H2,1-2H3. The second-order valence-electron chi connectivity index (χ2n) is 5.06. The van der Waals surface area contributed by atoms with Gasteiger partial charge in [-0.15, -0.1) is 0 Å². The fraction of sp³-hybridized carbons (Fsp3) is 0.375. The highest BCUT2D eigenvalue weighted by Gasteiger charge is 2.27. The summed E-state index contributed by atoms with van der Waals surface area (Å²) >= 11 is 3.46. The van der Waals surface area contributed by atoms with E-state index in [-0.39, 0.29) is 12.1 Å². The van der Waals surface area contributed by atoms with Gasteiger partial charge in [0.15, 0.2) is 0 Å². The number of aryl methyl sites for hydroxylation is 1. The van der Waals surface area contributed by atoms with E-state index >= 15 is 0 Å². The molecular weight excluding hydrogens is 334 g/mol. The van der Waals surface area contributed by atoms with Crippen molar-refractivity contribution in [3.8, 4) is 5.75 Å². The first-order valence-electron chi connectivity index (χ1n) is 6.97. The summed E-state index contributed by atoms with van der Waals surface area (Å²) in [4.78, 5) is 16.5. The second-order valence-corrected chi connectivity index (χ2v) is 5.70. The smallest absolute Gasteiger partial charge is 0.338 e. The predicted octanol–water partition coefficient (Wildman–Crippen LogP) is 3.42. The van der Waals surface area contributed by atoms with Crippen molar-refractivity contribution in [3.05, 3.63) is 35.0 Å². The van der Waals surface area contributed by atoms with Gasteiger partial charge >= 0.3 is 5.97 Å². The van der Waals surface area contributed by atoms with Crippen LogP contribution in [-0.2, 0) is 11.2 Å². The lowest BCUT2D eigenvalue weighted by atomic mass is 10.0. The Bertz CT molecular complexity index is 714. The molecule has 0 aliphatic carbocycles. The molecule has 1 aliphatic heterocycles. The van der Waals surface area contributed by atoms with Crippen molar-refractivity contribution in [1.82, 2.24) is 4.98 Å². The van der Waals surface area contributed by atoms with Gasteiger partial charge in [-0.05, 0) is 32.0 Å². The van der Waals surface area contributed by atoms with E-state index in [2.05, 4.69) is 20.9 Å². The molecule has 3 rings (SSSR count). The van der Waals surface area contributed by atoms with Gasteiger partial charge in [0.05, 0.1) is 17.7 Å². The second kappa shape index (κ2) is 5.64. The molecular formula is C16H16BrNO3. The monoisotopic (exact) mass is 349 g/mol. The lowest BCUT2D eigenvalue weighted by Crippen LogP contribution is -2.13. The zero-order valence-electron chi connectivity index (χ0n) is 12.0. The number of esters is 1. The maximum Gasteiger partial charge on any atom is 0.338 e. The summed E-state index contributed by atoms with van der Waals surface area (Å²) in [5.74, 6) is 0.539. The third-order valence-electron chi connectivity index (χ3n) is 3.64. The first kappa shape index (κ1) is 14.3. The SMILES string of the molecule is CCOC(=O)c1ccc2nc(C)c3c(c2c1)OC(CBr)C3. The van der Waals surface area contributed by atoms with Gasteiger partial charge in [0.1, 0.15) is 11.9 Å². The van der Waals surface area contributed by atoms with Crippen LogP contribution in [0.25, 0.3) is 10.9 Å². The summed E-state index contributed by atoms with van der Waals surface area (Å²) in [6.45, 7) is 4.16. The molecule has 0 fully saturated rings. The fourth-order valence-corrected chi connectivity index (χ4v) is 2.99. The minimum absolute atomic E-state index is 0.123.